The van der Waals surface area contributed by atoms with Crippen LogP contribution >= 0.6 is 0 Å². The highest BCUT2D eigenvalue weighted by Gasteiger charge is 2.19. The summed E-state index contributed by atoms with van der Waals surface area (Å²) >= 11 is 0. The fourth-order valence-corrected chi connectivity index (χ4v) is 4.72. The smallest absolute Gasteiger partial charge is 0.269 e. The highest BCUT2D eigenvalue weighted by atomic mass is 16.7. The molecular formula is C30H29N9O5. The van der Waals surface area contributed by atoms with Crippen molar-refractivity contribution in [2.75, 3.05) is 44.2 Å². The Hall–Kier alpha value is -5.79. The van der Waals surface area contributed by atoms with Gasteiger partial charge in [0, 0.05) is 63.8 Å². The lowest BCUT2D eigenvalue weighted by molar-refractivity contribution is -0.384. The monoisotopic (exact) mass is 595 g/mol. The molecule has 1 aliphatic heterocycles. The number of nitro benzene ring substituents is 1. The third-order valence-electron chi connectivity index (χ3n) is 7.24. The van der Waals surface area contributed by atoms with Crippen molar-refractivity contribution in [2.45, 2.75) is 13.1 Å². The number of carbonyl (C=O) groups is 1. The number of fused-ring (bicyclic) bond motifs is 2. The van der Waals surface area contributed by atoms with Gasteiger partial charge in [0.15, 0.2) is 28.5 Å². The SMILES string of the molecule is CN(CCN(C)c1nc(NCc2ccc3c(c2)OCO3)c2ncn(Cc3ccc([N+](=O)[O-])cc3)c2n1)C(=O)c1ccncc1. The average molecular weight is 596 g/mol. The van der Waals surface area contributed by atoms with Crippen molar-refractivity contribution in [3.8, 4) is 11.5 Å². The first-order valence-electron chi connectivity index (χ1n) is 13.8. The van der Waals surface area contributed by atoms with E-state index < -0.39 is 4.92 Å². The fourth-order valence-electron chi connectivity index (χ4n) is 4.72. The van der Waals surface area contributed by atoms with Crippen LogP contribution in [0.25, 0.3) is 11.2 Å². The van der Waals surface area contributed by atoms with Crippen LogP contribution < -0.4 is 19.7 Å². The van der Waals surface area contributed by atoms with Crippen LogP contribution in [0.5, 0.6) is 11.5 Å². The number of likely N-dealkylation sites (N-methyl/N-ethyl adjacent to an activating group) is 2. The van der Waals surface area contributed by atoms with Crippen LogP contribution in [0, 0.1) is 10.1 Å². The van der Waals surface area contributed by atoms with E-state index in [1.807, 2.05) is 34.7 Å². The van der Waals surface area contributed by atoms with Gasteiger partial charge in [-0.15, -0.1) is 0 Å². The Morgan fingerprint density at radius 3 is 2.52 bits per heavy atom. The topological polar surface area (TPSA) is 154 Å². The van der Waals surface area contributed by atoms with Crippen LogP contribution in [-0.4, -0.2) is 74.2 Å². The van der Waals surface area contributed by atoms with E-state index in [0.29, 0.717) is 66.2 Å². The molecule has 0 fully saturated rings. The van der Waals surface area contributed by atoms with Gasteiger partial charge >= 0.3 is 0 Å². The van der Waals surface area contributed by atoms with E-state index in [-0.39, 0.29) is 18.4 Å². The van der Waals surface area contributed by atoms with Gasteiger partial charge in [-0.3, -0.25) is 19.9 Å². The van der Waals surface area contributed by atoms with E-state index >= 15 is 0 Å². The summed E-state index contributed by atoms with van der Waals surface area (Å²) in [7, 11) is 3.61. The van der Waals surface area contributed by atoms with Gasteiger partial charge in [-0.25, -0.2) is 4.98 Å². The molecule has 1 amide bonds. The van der Waals surface area contributed by atoms with Crippen LogP contribution in [0.1, 0.15) is 21.5 Å². The van der Waals surface area contributed by atoms with Crippen LogP contribution in [-0.2, 0) is 13.1 Å². The molecule has 14 nitrogen and oxygen atoms in total. The Balaban J connectivity index is 1.26. The minimum absolute atomic E-state index is 0.0258. The number of aromatic nitrogens is 5. The lowest BCUT2D eigenvalue weighted by Crippen LogP contribution is -2.35. The van der Waals surface area contributed by atoms with Crippen molar-refractivity contribution in [3.05, 3.63) is 100 Å². The quantitative estimate of drug-likeness (QED) is 0.175. The summed E-state index contributed by atoms with van der Waals surface area (Å²) in [6.45, 7) is 1.95. The predicted molar refractivity (Wildman–Crippen MR) is 162 cm³/mol. The minimum atomic E-state index is -0.425. The second kappa shape index (κ2) is 12.2. The minimum Gasteiger partial charge on any atom is -0.454 e. The first-order valence-corrected chi connectivity index (χ1v) is 13.8. The molecule has 44 heavy (non-hydrogen) atoms. The number of imidazole rings is 1. The third-order valence-corrected chi connectivity index (χ3v) is 7.24. The number of rotatable bonds is 11. The largest absolute Gasteiger partial charge is 0.454 e. The maximum atomic E-state index is 12.8. The summed E-state index contributed by atoms with van der Waals surface area (Å²) in [6, 6.07) is 15.5. The number of amides is 1. The first-order chi connectivity index (χ1) is 21.4. The van der Waals surface area contributed by atoms with Crippen molar-refractivity contribution >= 4 is 34.5 Å². The number of nitro groups is 1. The summed E-state index contributed by atoms with van der Waals surface area (Å²) in [6.07, 6.45) is 4.86. The van der Waals surface area contributed by atoms with Crippen LogP contribution in [0.4, 0.5) is 17.5 Å². The molecule has 0 radical (unpaired) electrons. The van der Waals surface area contributed by atoms with Gasteiger partial charge in [-0.1, -0.05) is 18.2 Å². The summed E-state index contributed by atoms with van der Waals surface area (Å²) < 4.78 is 12.8. The predicted octanol–water partition coefficient (Wildman–Crippen LogP) is 3.73. The second-order valence-corrected chi connectivity index (χ2v) is 10.3. The zero-order valence-electron chi connectivity index (χ0n) is 24.1. The summed E-state index contributed by atoms with van der Waals surface area (Å²) in [5.74, 6) is 2.28. The second-order valence-electron chi connectivity index (χ2n) is 10.3. The van der Waals surface area contributed by atoms with Gasteiger partial charge in [-0.05, 0) is 35.4 Å². The van der Waals surface area contributed by atoms with E-state index in [0.717, 1.165) is 11.1 Å². The van der Waals surface area contributed by atoms with Crippen molar-refractivity contribution in [1.82, 2.24) is 29.4 Å². The number of nitrogens with zero attached hydrogens (tertiary/aromatic N) is 8. The van der Waals surface area contributed by atoms with E-state index in [1.54, 1.807) is 54.9 Å². The van der Waals surface area contributed by atoms with Crippen LogP contribution in [0.3, 0.4) is 0 Å². The number of benzene rings is 2. The number of hydrogen-bond donors (Lipinski definition) is 1. The lowest BCUT2D eigenvalue weighted by Gasteiger charge is -2.23. The number of carbonyl (C=O) groups excluding carboxylic acids is 1. The molecule has 5 aromatic rings. The maximum absolute atomic E-state index is 12.8. The molecule has 6 rings (SSSR count). The molecule has 0 unspecified atom stereocenters. The Kier molecular flexibility index (Phi) is 7.86. The van der Waals surface area contributed by atoms with E-state index in [9.17, 15) is 14.9 Å². The number of nitrogens with one attached hydrogen (secondary N) is 1. The number of hydrogen-bond acceptors (Lipinski definition) is 11. The molecule has 2 aromatic carbocycles. The van der Waals surface area contributed by atoms with Gasteiger partial charge in [0.05, 0.1) is 17.8 Å². The Labute approximate surface area is 252 Å². The lowest BCUT2D eigenvalue weighted by atomic mass is 10.2. The molecular weight excluding hydrogens is 566 g/mol. The Morgan fingerprint density at radius 1 is 1.00 bits per heavy atom. The highest BCUT2D eigenvalue weighted by Crippen LogP contribution is 2.33. The number of non-ortho nitro benzene ring substituents is 1. The molecule has 4 heterocycles. The average Bonchev–Trinajstić information content (AvgIpc) is 3.69. The normalized spacial score (nSPS) is 11.9. The number of pyridine rings is 1. The third kappa shape index (κ3) is 6.04. The van der Waals surface area contributed by atoms with Gasteiger partial charge in [-0.2, -0.15) is 9.97 Å². The van der Waals surface area contributed by atoms with Gasteiger partial charge < -0.3 is 29.2 Å². The standard InChI is InChI=1S/C30H29N9O5/c1-36(29(40)22-9-11-31-12-10-22)13-14-37(2)30-34-27(32-16-21-5-8-24-25(15-21)44-19-43-24)26-28(35-30)38(18-33-26)17-20-3-6-23(7-4-20)39(41)42/h3-12,15,18H,13-14,16-17,19H2,1-2H3,(H,32,34,35). The highest BCUT2D eigenvalue weighted by molar-refractivity contribution is 5.93. The van der Waals surface area contributed by atoms with Crippen molar-refractivity contribution in [2.24, 2.45) is 0 Å². The summed E-state index contributed by atoms with van der Waals surface area (Å²) in [5.41, 5.74) is 3.59. The fraction of sp³-hybridized carbons (Fsp3) is 0.233. The molecule has 0 atom stereocenters. The van der Waals surface area contributed by atoms with Crippen molar-refractivity contribution in [3.63, 3.8) is 0 Å². The molecule has 0 saturated carbocycles. The van der Waals surface area contributed by atoms with Crippen LogP contribution in [0.2, 0.25) is 0 Å². The van der Waals surface area contributed by atoms with Crippen molar-refractivity contribution < 1.29 is 19.2 Å². The molecule has 14 heteroatoms. The Morgan fingerprint density at radius 2 is 1.75 bits per heavy atom. The van der Waals surface area contributed by atoms with Gasteiger partial charge in [0.2, 0.25) is 12.7 Å². The van der Waals surface area contributed by atoms with Crippen LogP contribution in [0.15, 0.2) is 73.3 Å². The molecule has 224 valence electrons. The molecule has 0 saturated heterocycles. The molecule has 0 aliphatic carbocycles. The molecule has 0 bridgehead atoms. The van der Waals surface area contributed by atoms with E-state index in [4.69, 9.17) is 19.4 Å². The maximum Gasteiger partial charge on any atom is 0.269 e. The van der Waals surface area contributed by atoms with E-state index in [1.165, 1.54) is 12.1 Å². The first kappa shape index (κ1) is 28.3. The zero-order chi connectivity index (χ0) is 30.6. The van der Waals surface area contributed by atoms with Crippen molar-refractivity contribution in [1.29, 1.82) is 0 Å². The van der Waals surface area contributed by atoms with E-state index in [2.05, 4.69) is 15.3 Å². The number of anilines is 2. The molecule has 3 aromatic heterocycles. The molecule has 0 spiro atoms. The van der Waals surface area contributed by atoms with Gasteiger partial charge in [0.25, 0.3) is 11.6 Å². The molecule has 1 aliphatic rings. The summed E-state index contributed by atoms with van der Waals surface area (Å²) in [4.78, 5) is 45.2. The Bertz CT molecular complexity index is 1810. The van der Waals surface area contributed by atoms with Gasteiger partial charge in [0.1, 0.15) is 0 Å². The number of ether oxygens (including phenoxy) is 2. The summed E-state index contributed by atoms with van der Waals surface area (Å²) in [5, 5.41) is 14.5. The molecule has 1 N–H and O–H groups in total. The zero-order valence-corrected chi connectivity index (χ0v) is 24.1.